The molecule has 1 saturated heterocycles. The number of pyridine rings is 1. The van der Waals surface area contributed by atoms with Gasteiger partial charge < -0.3 is 15.0 Å². The minimum absolute atomic E-state index is 0.0132. The lowest BCUT2D eigenvalue weighted by Gasteiger charge is -2.28. The molecule has 6 heteroatoms. The Hall–Kier alpha value is -1.79. The summed E-state index contributed by atoms with van der Waals surface area (Å²) in [6.45, 7) is 4.50. The molecule has 1 aliphatic heterocycles. The fourth-order valence-corrected chi connectivity index (χ4v) is 3.93. The molecule has 5 nitrogen and oxygen atoms in total. The van der Waals surface area contributed by atoms with Crippen molar-refractivity contribution in [2.45, 2.75) is 19.4 Å². The number of para-hydroxylation sites is 1. The maximum atomic E-state index is 12.9. The zero-order chi connectivity index (χ0) is 17.6. The molecule has 1 N–H and O–H groups in total. The highest BCUT2D eigenvalue weighted by molar-refractivity contribution is 7.99. The molecule has 0 radical (unpaired) electrons. The first kappa shape index (κ1) is 18.0. The molecule has 3 rings (SSSR count). The molecule has 1 fully saturated rings. The predicted octanol–water partition coefficient (Wildman–Crippen LogP) is 2.94. The van der Waals surface area contributed by atoms with Gasteiger partial charge in [0, 0.05) is 37.1 Å². The summed E-state index contributed by atoms with van der Waals surface area (Å²) >= 11 is 1.96. The van der Waals surface area contributed by atoms with Crippen LogP contribution in [0.1, 0.15) is 23.7 Å². The van der Waals surface area contributed by atoms with Crippen LogP contribution in [0.5, 0.6) is 0 Å². The highest BCUT2D eigenvalue weighted by Gasteiger charge is 2.19. The van der Waals surface area contributed by atoms with E-state index in [1.165, 1.54) is 0 Å². The third-order valence-electron chi connectivity index (χ3n) is 4.48. The van der Waals surface area contributed by atoms with Crippen LogP contribution in [-0.4, -0.2) is 55.2 Å². The number of carbonyl (C=O) groups excluding carboxylic acids is 1. The van der Waals surface area contributed by atoms with Crippen LogP contribution >= 0.6 is 11.8 Å². The quantitative estimate of drug-likeness (QED) is 0.859. The van der Waals surface area contributed by atoms with Gasteiger partial charge in [0.2, 0.25) is 0 Å². The van der Waals surface area contributed by atoms with E-state index in [0.717, 1.165) is 47.7 Å². The Morgan fingerprint density at radius 2 is 2.12 bits per heavy atom. The first-order valence-corrected chi connectivity index (χ1v) is 9.90. The van der Waals surface area contributed by atoms with Crippen molar-refractivity contribution >= 4 is 34.4 Å². The van der Waals surface area contributed by atoms with Crippen molar-refractivity contribution in [1.82, 2.24) is 10.3 Å². The van der Waals surface area contributed by atoms with Gasteiger partial charge in [0.1, 0.15) is 5.82 Å². The first-order chi connectivity index (χ1) is 12.2. The third kappa shape index (κ3) is 4.25. The second-order valence-corrected chi connectivity index (χ2v) is 7.40. The molecule has 134 valence electrons. The maximum Gasteiger partial charge on any atom is 0.252 e. The van der Waals surface area contributed by atoms with Crippen molar-refractivity contribution in [3.8, 4) is 0 Å². The lowest BCUT2D eigenvalue weighted by atomic mass is 10.1. The van der Waals surface area contributed by atoms with Crippen LogP contribution in [-0.2, 0) is 4.74 Å². The monoisotopic (exact) mass is 359 g/mol. The third-order valence-corrected chi connectivity index (χ3v) is 5.42. The van der Waals surface area contributed by atoms with Crippen molar-refractivity contribution in [1.29, 1.82) is 0 Å². The first-order valence-electron chi connectivity index (χ1n) is 8.75. The van der Waals surface area contributed by atoms with Crippen molar-refractivity contribution in [2.75, 3.05) is 43.2 Å². The number of fused-ring (bicyclic) bond motifs is 1. The molecule has 1 amide bonds. The largest absolute Gasteiger partial charge is 0.383 e. The number of anilines is 1. The number of thioether (sulfide) groups is 1. The Morgan fingerprint density at radius 1 is 1.36 bits per heavy atom. The van der Waals surface area contributed by atoms with E-state index in [1.807, 2.05) is 49.0 Å². The van der Waals surface area contributed by atoms with Gasteiger partial charge in [-0.2, -0.15) is 11.8 Å². The molecular weight excluding hydrogens is 334 g/mol. The number of aromatic nitrogens is 1. The molecule has 1 aromatic heterocycles. The molecule has 0 aliphatic carbocycles. The van der Waals surface area contributed by atoms with E-state index in [9.17, 15) is 4.79 Å². The molecule has 1 atom stereocenters. The summed E-state index contributed by atoms with van der Waals surface area (Å²) in [5, 5.41) is 3.98. The number of nitrogens with zero attached hydrogens (tertiary/aromatic N) is 2. The van der Waals surface area contributed by atoms with Crippen LogP contribution in [0.25, 0.3) is 10.9 Å². The van der Waals surface area contributed by atoms with Gasteiger partial charge in [-0.05, 0) is 18.6 Å². The zero-order valence-corrected chi connectivity index (χ0v) is 15.6. The highest BCUT2D eigenvalue weighted by atomic mass is 32.2. The summed E-state index contributed by atoms with van der Waals surface area (Å²) in [6, 6.07) is 9.80. The number of hydrogen-bond acceptors (Lipinski definition) is 5. The minimum atomic E-state index is -0.0601. The second kappa shape index (κ2) is 8.54. The average molecular weight is 359 g/mol. The Morgan fingerprint density at radius 3 is 2.84 bits per heavy atom. The second-order valence-electron chi connectivity index (χ2n) is 6.18. The number of ether oxygens (including phenoxy) is 1. The Balaban J connectivity index is 1.95. The van der Waals surface area contributed by atoms with Gasteiger partial charge in [-0.25, -0.2) is 4.98 Å². The van der Waals surface area contributed by atoms with E-state index in [-0.39, 0.29) is 11.9 Å². The van der Waals surface area contributed by atoms with Gasteiger partial charge in [0.05, 0.1) is 23.7 Å². The Kier molecular flexibility index (Phi) is 6.15. The van der Waals surface area contributed by atoms with E-state index >= 15 is 0 Å². The number of amides is 1. The van der Waals surface area contributed by atoms with Crippen LogP contribution in [0.3, 0.4) is 0 Å². The van der Waals surface area contributed by atoms with Gasteiger partial charge in [-0.1, -0.05) is 25.1 Å². The van der Waals surface area contributed by atoms with Crippen molar-refractivity contribution < 1.29 is 9.53 Å². The standard InChI is InChI=1S/C19H25N3O2S/c1-3-14(13-24-2)20-19(23)16-12-18(22-8-10-25-11-9-22)21-17-7-5-4-6-15(16)17/h4-7,12,14H,3,8-11,13H2,1-2H3,(H,20,23)/t14-/m1/s1. The number of methoxy groups -OCH3 is 1. The SMILES string of the molecule is CC[C@H](COC)NC(=O)c1cc(N2CCSCC2)nc2ccccc12. The summed E-state index contributed by atoms with van der Waals surface area (Å²) in [7, 11) is 1.66. The Bertz CT molecular complexity index is 732. The van der Waals surface area contributed by atoms with Gasteiger partial charge in [-0.15, -0.1) is 0 Å². The van der Waals surface area contributed by atoms with Crippen molar-refractivity contribution in [3.63, 3.8) is 0 Å². The van der Waals surface area contributed by atoms with Crippen LogP contribution < -0.4 is 10.2 Å². The molecule has 0 bridgehead atoms. The normalized spacial score (nSPS) is 16.0. The van der Waals surface area contributed by atoms with Crippen LogP contribution in [0.15, 0.2) is 30.3 Å². The fourth-order valence-electron chi connectivity index (χ4n) is 3.03. The van der Waals surface area contributed by atoms with E-state index in [1.54, 1.807) is 7.11 Å². The van der Waals surface area contributed by atoms with E-state index < -0.39 is 0 Å². The lowest BCUT2D eigenvalue weighted by molar-refractivity contribution is 0.0896. The molecule has 1 aromatic carbocycles. The van der Waals surface area contributed by atoms with Crippen molar-refractivity contribution in [2.24, 2.45) is 0 Å². The number of hydrogen-bond donors (Lipinski definition) is 1. The van der Waals surface area contributed by atoms with E-state index in [4.69, 9.17) is 9.72 Å². The van der Waals surface area contributed by atoms with E-state index in [0.29, 0.717) is 12.2 Å². The number of benzene rings is 1. The average Bonchev–Trinajstić information content (AvgIpc) is 2.67. The van der Waals surface area contributed by atoms with Gasteiger partial charge >= 0.3 is 0 Å². The molecule has 2 aromatic rings. The topological polar surface area (TPSA) is 54.5 Å². The highest BCUT2D eigenvalue weighted by Crippen LogP contribution is 2.25. The smallest absolute Gasteiger partial charge is 0.252 e. The predicted molar refractivity (Wildman–Crippen MR) is 105 cm³/mol. The lowest BCUT2D eigenvalue weighted by Crippen LogP contribution is -2.38. The number of nitrogens with one attached hydrogen (secondary N) is 1. The number of rotatable bonds is 6. The van der Waals surface area contributed by atoms with E-state index in [2.05, 4.69) is 10.2 Å². The molecule has 0 spiro atoms. The number of carbonyl (C=O) groups is 1. The molecular formula is C19H25N3O2S. The maximum absolute atomic E-state index is 12.9. The zero-order valence-electron chi connectivity index (χ0n) is 14.8. The van der Waals surface area contributed by atoms with Crippen molar-refractivity contribution in [3.05, 3.63) is 35.9 Å². The molecule has 1 aliphatic rings. The fraction of sp³-hybridized carbons (Fsp3) is 0.474. The van der Waals surface area contributed by atoms with Crippen LogP contribution in [0.2, 0.25) is 0 Å². The summed E-state index contributed by atoms with van der Waals surface area (Å²) in [5.74, 6) is 3.03. The van der Waals surface area contributed by atoms with Crippen LogP contribution in [0.4, 0.5) is 5.82 Å². The van der Waals surface area contributed by atoms with Gasteiger partial charge in [0.25, 0.3) is 5.91 Å². The summed E-state index contributed by atoms with van der Waals surface area (Å²) in [5.41, 5.74) is 1.55. The summed E-state index contributed by atoms with van der Waals surface area (Å²) < 4.78 is 5.20. The summed E-state index contributed by atoms with van der Waals surface area (Å²) in [6.07, 6.45) is 0.832. The van der Waals surface area contributed by atoms with Gasteiger partial charge in [0.15, 0.2) is 0 Å². The van der Waals surface area contributed by atoms with Crippen LogP contribution in [0, 0.1) is 0 Å². The molecule has 25 heavy (non-hydrogen) atoms. The summed E-state index contributed by atoms with van der Waals surface area (Å²) in [4.78, 5) is 20.0. The Labute approximate surface area is 153 Å². The molecule has 2 heterocycles. The molecule has 0 saturated carbocycles. The molecule has 0 unspecified atom stereocenters. The van der Waals surface area contributed by atoms with Gasteiger partial charge in [-0.3, -0.25) is 4.79 Å². The minimum Gasteiger partial charge on any atom is -0.383 e.